The monoisotopic (exact) mass is 540 g/mol. The highest BCUT2D eigenvalue weighted by Crippen LogP contribution is 2.67. The molecule has 2 heteroatoms. The molecule has 4 aliphatic carbocycles. The minimum atomic E-state index is 0.468. The Bertz CT molecular complexity index is 641. The molecule has 0 spiro atoms. The Morgan fingerprint density at radius 3 is 2.58 bits per heavy atom. The van der Waals surface area contributed by atoms with Crippen LogP contribution in [0.5, 0.6) is 0 Å². The summed E-state index contributed by atoms with van der Waals surface area (Å²) in [6, 6.07) is 0. The van der Waals surface area contributed by atoms with Crippen molar-refractivity contribution in [3.05, 3.63) is 11.6 Å². The summed E-state index contributed by atoms with van der Waals surface area (Å²) >= 11 is 2.44. The van der Waals surface area contributed by atoms with Crippen molar-refractivity contribution in [2.45, 2.75) is 111 Å². The summed E-state index contributed by atoms with van der Waals surface area (Å²) in [5, 5.41) is 0. The second kappa shape index (κ2) is 9.96. The van der Waals surface area contributed by atoms with Crippen LogP contribution in [-0.2, 0) is 4.74 Å². The summed E-state index contributed by atoms with van der Waals surface area (Å²) in [7, 11) is 0. The number of halogens is 1. The van der Waals surface area contributed by atoms with Crippen molar-refractivity contribution in [2.24, 2.45) is 46.3 Å². The molecule has 0 aromatic heterocycles. The zero-order chi connectivity index (χ0) is 22.2. The molecule has 0 saturated heterocycles. The van der Waals surface area contributed by atoms with Crippen molar-refractivity contribution in [1.82, 2.24) is 0 Å². The Morgan fingerprint density at radius 2 is 1.84 bits per heavy atom. The van der Waals surface area contributed by atoms with Gasteiger partial charge in [-0.15, -0.1) is 0 Å². The maximum Gasteiger partial charge on any atom is 0.0613 e. The van der Waals surface area contributed by atoms with Gasteiger partial charge in [-0.2, -0.15) is 0 Å². The SMILES string of the molecule is CC(C)CCC[C@@H](C)[C@H]1CC[C@H]2[C@@H]3CC=C4C[C@@H](OCCI)CC[C@]4(C)C3CC[C@]12C. The van der Waals surface area contributed by atoms with E-state index >= 15 is 0 Å². The van der Waals surface area contributed by atoms with Gasteiger partial charge in [0.25, 0.3) is 0 Å². The fraction of sp³-hybridized carbons (Fsp3) is 0.931. The second-order valence-electron chi connectivity index (χ2n) is 12.7. The molecule has 0 radical (unpaired) electrons. The average Bonchev–Trinajstić information content (AvgIpc) is 3.09. The van der Waals surface area contributed by atoms with E-state index in [0.717, 1.165) is 46.5 Å². The number of alkyl halides is 1. The summed E-state index contributed by atoms with van der Waals surface area (Å²) < 4.78 is 7.30. The first-order valence-corrected chi connectivity index (χ1v) is 15.2. The molecule has 178 valence electrons. The Balaban J connectivity index is 1.45. The van der Waals surface area contributed by atoms with Gasteiger partial charge in [-0.05, 0) is 97.7 Å². The predicted octanol–water partition coefficient (Wildman–Crippen LogP) is 8.85. The minimum absolute atomic E-state index is 0.468. The number of hydrogen-bond acceptors (Lipinski definition) is 1. The molecule has 1 nitrogen and oxygen atoms in total. The number of ether oxygens (including phenoxy) is 1. The van der Waals surface area contributed by atoms with Crippen molar-refractivity contribution in [3.8, 4) is 0 Å². The summed E-state index contributed by atoms with van der Waals surface area (Å²) in [6.45, 7) is 13.7. The Labute approximate surface area is 207 Å². The van der Waals surface area contributed by atoms with Crippen LogP contribution in [0.25, 0.3) is 0 Å². The highest BCUT2D eigenvalue weighted by atomic mass is 127. The third kappa shape index (κ3) is 4.69. The Kier molecular flexibility index (Phi) is 7.89. The molecule has 4 rings (SSSR count). The fourth-order valence-electron chi connectivity index (χ4n) is 9.01. The van der Waals surface area contributed by atoms with Crippen LogP contribution in [0.4, 0.5) is 0 Å². The lowest BCUT2D eigenvalue weighted by atomic mass is 9.47. The molecule has 1 unspecified atom stereocenters. The van der Waals surface area contributed by atoms with Gasteiger partial charge >= 0.3 is 0 Å². The predicted molar refractivity (Wildman–Crippen MR) is 142 cm³/mol. The van der Waals surface area contributed by atoms with E-state index in [1.54, 1.807) is 5.57 Å². The quantitative estimate of drug-likeness (QED) is 0.170. The summed E-state index contributed by atoms with van der Waals surface area (Å²) in [6.07, 6.45) is 18.7. The zero-order valence-electron chi connectivity index (χ0n) is 21.1. The van der Waals surface area contributed by atoms with Crippen molar-refractivity contribution < 1.29 is 4.74 Å². The van der Waals surface area contributed by atoms with Gasteiger partial charge in [0.2, 0.25) is 0 Å². The van der Waals surface area contributed by atoms with Crippen molar-refractivity contribution in [1.29, 1.82) is 0 Å². The standard InChI is InChI=1S/C29H49IO/c1-20(2)7-6-8-21(3)25-11-12-26-24-10-9-22-19-23(31-18-17-30)13-15-28(22,4)27(24)14-16-29(25,26)5/h9,20-21,23-27H,6-8,10-19H2,1-5H3/t21-,23+,24+,25-,26+,27?,28+,29-/m1/s1. The summed E-state index contributed by atoms with van der Waals surface area (Å²) in [5.41, 5.74) is 2.86. The van der Waals surface area contributed by atoms with Crippen LogP contribution in [0.1, 0.15) is 105 Å². The molecule has 4 aliphatic rings. The van der Waals surface area contributed by atoms with E-state index in [1.165, 1.54) is 70.6 Å². The first kappa shape index (κ1) is 24.6. The maximum absolute atomic E-state index is 6.19. The van der Waals surface area contributed by atoms with E-state index in [0.29, 0.717) is 16.9 Å². The van der Waals surface area contributed by atoms with Crippen LogP contribution in [0, 0.1) is 46.3 Å². The molecular weight excluding hydrogens is 491 g/mol. The van der Waals surface area contributed by atoms with Gasteiger partial charge < -0.3 is 4.74 Å². The van der Waals surface area contributed by atoms with Crippen LogP contribution in [0.3, 0.4) is 0 Å². The lowest BCUT2D eigenvalue weighted by Gasteiger charge is -2.58. The third-order valence-electron chi connectivity index (χ3n) is 10.7. The van der Waals surface area contributed by atoms with Crippen molar-refractivity contribution in [3.63, 3.8) is 0 Å². The van der Waals surface area contributed by atoms with Crippen LogP contribution in [0.15, 0.2) is 11.6 Å². The van der Waals surface area contributed by atoms with Crippen LogP contribution in [0.2, 0.25) is 0 Å². The van der Waals surface area contributed by atoms with Gasteiger partial charge in [0.05, 0.1) is 12.7 Å². The summed E-state index contributed by atoms with van der Waals surface area (Å²) in [5.74, 6) is 5.62. The van der Waals surface area contributed by atoms with E-state index in [4.69, 9.17) is 4.74 Å². The van der Waals surface area contributed by atoms with Gasteiger partial charge in [0.15, 0.2) is 0 Å². The Hall–Kier alpha value is 0.430. The zero-order valence-corrected chi connectivity index (χ0v) is 23.3. The number of fused-ring (bicyclic) bond motifs is 5. The lowest BCUT2D eigenvalue weighted by molar-refractivity contribution is -0.0628. The number of rotatable bonds is 8. The third-order valence-corrected chi connectivity index (χ3v) is 11.1. The smallest absolute Gasteiger partial charge is 0.0613 e. The first-order chi connectivity index (χ1) is 14.8. The molecule has 0 bridgehead atoms. The molecule has 3 fully saturated rings. The van der Waals surface area contributed by atoms with E-state index < -0.39 is 0 Å². The lowest BCUT2D eigenvalue weighted by Crippen LogP contribution is -2.51. The molecule has 0 aromatic rings. The molecule has 31 heavy (non-hydrogen) atoms. The van der Waals surface area contributed by atoms with E-state index in [2.05, 4.69) is 63.3 Å². The molecular formula is C29H49IO. The fourth-order valence-corrected chi connectivity index (χ4v) is 9.26. The summed E-state index contributed by atoms with van der Waals surface area (Å²) in [4.78, 5) is 0. The average molecular weight is 541 g/mol. The van der Waals surface area contributed by atoms with Crippen LogP contribution >= 0.6 is 22.6 Å². The minimum Gasteiger partial charge on any atom is -0.377 e. The normalized spacial score (nSPS) is 43.2. The molecule has 0 amide bonds. The number of hydrogen-bond donors (Lipinski definition) is 0. The van der Waals surface area contributed by atoms with Crippen LogP contribution < -0.4 is 0 Å². The van der Waals surface area contributed by atoms with E-state index in [-0.39, 0.29) is 0 Å². The highest BCUT2D eigenvalue weighted by molar-refractivity contribution is 14.1. The van der Waals surface area contributed by atoms with Gasteiger partial charge in [-0.25, -0.2) is 0 Å². The molecule has 8 atom stereocenters. The number of allylic oxidation sites excluding steroid dienone is 1. The topological polar surface area (TPSA) is 9.23 Å². The molecule has 0 N–H and O–H groups in total. The first-order valence-electron chi connectivity index (χ1n) is 13.7. The molecule has 0 aromatic carbocycles. The largest absolute Gasteiger partial charge is 0.377 e. The van der Waals surface area contributed by atoms with Gasteiger partial charge in [-0.3, -0.25) is 0 Å². The maximum atomic E-state index is 6.19. The van der Waals surface area contributed by atoms with Gasteiger partial charge in [0.1, 0.15) is 0 Å². The van der Waals surface area contributed by atoms with E-state index in [9.17, 15) is 0 Å². The van der Waals surface area contributed by atoms with E-state index in [1.807, 2.05) is 0 Å². The van der Waals surface area contributed by atoms with Crippen LogP contribution in [-0.4, -0.2) is 17.1 Å². The molecule has 0 aliphatic heterocycles. The van der Waals surface area contributed by atoms with Gasteiger partial charge in [0, 0.05) is 4.43 Å². The van der Waals surface area contributed by atoms with Crippen molar-refractivity contribution >= 4 is 22.6 Å². The Morgan fingerprint density at radius 1 is 1.03 bits per heavy atom. The van der Waals surface area contributed by atoms with Gasteiger partial charge in [-0.1, -0.05) is 88.1 Å². The molecule has 0 heterocycles. The van der Waals surface area contributed by atoms with Crippen molar-refractivity contribution in [2.75, 3.05) is 11.0 Å². The highest BCUT2D eigenvalue weighted by Gasteiger charge is 2.59. The second-order valence-corrected chi connectivity index (χ2v) is 13.8. The molecule has 3 saturated carbocycles.